The van der Waals surface area contributed by atoms with Crippen molar-refractivity contribution in [1.29, 1.82) is 0 Å². The zero-order valence-electron chi connectivity index (χ0n) is 8.71. The summed E-state index contributed by atoms with van der Waals surface area (Å²) in [5.41, 5.74) is -0.145. The fraction of sp³-hybridized carbons (Fsp3) is 0.818. The predicted octanol–water partition coefficient (Wildman–Crippen LogP) is 1.32. The van der Waals surface area contributed by atoms with Crippen LogP contribution in [0.3, 0.4) is 0 Å². The molecule has 1 aliphatic heterocycles. The Labute approximate surface area is 84.7 Å². The van der Waals surface area contributed by atoms with E-state index >= 15 is 0 Å². The van der Waals surface area contributed by atoms with Crippen LogP contribution < -0.4 is 0 Å². The Morgan fingerprint density at radius 1 is 1.36 bits per heavy atom. The Hall–Kier alpha value is -0.560. The smallest absolute Gasteiger partial charge is 0.222 e. The zero-order valence-corrected chi connectivity index (χ0v) is 8.71. The lowest BCUT2D eigenvalue weighted by Gasteiger charge is -2.11. The van der Waals surface area contributed by atoms with Crippen LogP contribution in [-0.2, 0) is 14.2 Å². The van der Waals surface area contributed by atoms with Crippen molar-refractivity contribution in [2.45, 2.75) is 43.7 Å². The van der Waals surface area contributed by atoms with E-state index in [1.165, 1.54) is 12.8 Å². The molecular formula is C11H16O3. The van der Waals surface area contributed by atoms with E-state index in [-0.39, 0.29) is 5.60 Å². The average molecular weight is 196 g/mol. The molecule has 2 aliphatic rings. The maximum Gasteiger partial charge on any atom is 0.222 e. The Balaban J connectivity index is 1.96. The van der Waals surface area contributed by atoms with Crippen molar-refractivity contribution in [1.82, 2.24) is 0 Å². The number of hydrogen-bond donors (Lipinski definition) is 0. The van der Waals surface area contributed by atoms with Gasteiger partial charge in [-0.05, 0) is 25.2 Å². The summed E-state index contributed by atoms with van der Waals surface area (Å²) in [6, 6.07) is 0. The van der Waals surface area contributed by atoms with E-state index in [2.05, 4.69) is 11.8 Å². The maximum atomic E-state index is 5.62. The Morgan fingerprint density at radius 2 is 2.14 bits per heavy atom. The second kappa shape index (κ2) is 3.90. The van der Waals surface area contributed by atoms with Crippen LogP contribution in [0, 0.1) is 11.8 Å². The molecule has 0 aromatic rings. The highest BCUT2D eigenvalue weighted by atomic mass is 16.7. The summed E-state index contributed by atoms with van der Waals surface area (Å²) in [7, 11) is 3.18. The summed E-state index contributed by atoms with van der Waals surface area (Å²) in [5.74, 6) is 6.10. The zero-order chi connectivity index (χ0) is 10.0. The lowest BCUT2D eigenvalue weighted by atomic mass is 9.90. The highest BCUT2D eigenvalue weighted by molar-refractivity contribution is 5.27. The summed E-state index contributed by atoms with van der Waals surface area (Å²) in [4.78, 5) is 0. The van der Waals surface area contributed by atoms with Crippen LogP contribution in [0.25, 0.3) is 0 Å². The van der Waals surface area contributed by atoms with Gasteiger partial charge in [-0.25, -0.2) is 0 Å². The first-order chi connectivity index (χ1) is 6.80. The molecule has 2 fully saturated rings. The standard InChI is InChI=1S/C11H16O3/c1-12-10(13-2)6-8-11-7-4-3-5-9(11)14-11/h9-10H,3-5,7H2,1-2H3/t9-,11+/m0/s1. The second-order valence-electron chi connectivity index (χ2n) is 3.81. The molecule has 0 radical (unpaired) electrons. The largest absolute Gasteiger partial charge is 0.352 e. The summed E-state index contributed by atoms with van der Waals surface area (Å²) in [6.07, 6.45) is 4.65. The van der Waals surface area contributed by atoms with Crippen molar-refractivity contribution < 1.29 is 14.2 Å². The number of hydrogen-bond acceptors (Lipinski definition) is 3. The van der Waals surface area contributed by atoms with Gasteiger partial charge in [-0.1, -0.05) is 12.3 Å². The van der Waals surface area contributed by atoms with Gasteiger partial charge in [0.2, 0.25) is 6.29 Å². The lowest BCUT2D eigenvalue weighted by molar-refractivity contribution is -0.0597. The van der Waals surface area contributed by atoms with Crippen LogP contribution in [0.1, 0.15) is 25.7 Å². The van der Waals surface area contributed by atoms with Crippen molar-refractivity contribution in [3.8, 4) is 11.8 Å². The first-order valence-electron chi connectivity index (χ1n) is 5.07. The quantitative estimate of drug-likeness (QED) is 0.379. The molecule has 14 heavy (non-hydrogen) atoms. The van der Waals surface area contributed by atoms with Gasteiger partial charge >= 0.3 is 0 Å². The van der Waals surface area contributed by atoms with E-state index in [4.69, 9.17) is 14.2 Å². The molecule has 0 spiro atoms. The van der Waals surface area contributed by atoms with E-state index in [0.29, 0.717) is 6.10 Å². The van der Waals surface area contributed by atoms with Crippen molar-refractivity contribution in [3.63, 3.8) is 0 Å². The fourth-order valence-corrected chi connectivity index (χ4v) is 2.02. The summed E-state index contributed by atoms with van der Waals surface area (Å²) >= 11 is 0. The minimum absolute atomic E-state index is 0.145. The molecule has 1 heterocycles. The molecule has 0 N–H and O–H groups in total. The van der Waals surface area contributed by atoms with Crippen LogP contribution in [0.2, 0.25) is 0 Å². The minimum Gasteiger partial charge on any atom is -0.352 e. The molecule has 0 aromatic heterocycles. The second-order valence-corrected chi connectivity index (χ2v) is 3.81. The van der Waals surface area contributed by atoms with Gasteiger partial charge < -0.3 is 14.2 Å². The van der Waals surface area contributed by atoms with Gasteiger partial charge in [0.05, 0.1) is 6.10 Å². The molecule has 0 unspecified atom stereocenters. The Morgan fingerprint density at radius 3 is 2.79 bits per heavy atom. The molecule has 0 bridgehead atoms. The highest BCUT2D eigenvalue weighted by Crippen LogP contribution is 2.47. The molecule has 1 saturated heterocycles. The van der Waals surface area contributed by atoms with Gasteiger partial charge in [0.25, 0.3) is 0 Å². The van der Waals surface area contributed by atoms with Crippen LogP contribution in [0.5, 0.6) is 0 Å². The Kier molecular flexibility index (Phi) is 2.78. The third-order valence-electron chi connectivity index (χ3n) is 2.91. The van der Waals surface area contributed by atoms with Gasteiger partial charge in [-0.2, -0.15) is 0 Å². The number of fused-ring (bicyclic) bond motifs is 1. The van der Waals surface area contributed by atoms with Gasteiger partial charge in [0.15, 0.2) is 5.60 Å². The Bertz CT molecular complexity index is 261. The first kappa shape index (κ1) is 9.97. The summed E-state index contributed by atoms with van der Waals surface area (Å²) < 4.78 is 15.6. The third-order valence-corrected chi connectivity index (χ3v) is 2.91. The van der Waals surface area contributed by atoms with Crippen LogP contribution in [0.4, 0.5) is 0 Å². The first-order valence-corrected chi connectivity index (χ1v) is 5.07. The maximum absolute atomic E-state index is 5.62. The number of ether oxygens (including phenoxy) is 3. The van der Waals surface area contributed by atoms with Gasteiger partial charge in [0.1, 0.15) is 0 Å². The van der Waals surface area contributed by atoms with Crippen molar-refractivity contribution >= 4 is 0 Å². The number of methoxy groups -OCH3 is 2. The monoisotopic (exact) mass is 196 g/mol. The average Bonchev–Trinajstić information content (AvgIpc) is 2.94. The minimum atomic E-state index is -0.420. The highest BCUT2D eigenvalue weighted by Gasteiger charge is 2.56. The van der Waals surface area contributed by atoms with Crippen LogP contribution >= 0.6 is 0 Å². The SMILES string of the molecule is COC(C#C[C@]12CCCC[C@@H]1O2)OC. The van der Waals surface area contributed by atoms with Gasteiger partial charge in [0, 0.05) is 14.2 Å². The van der Waals surface area contributed by atoms with Crippen molar-refractivity contribution in [2.75, 3.05) is 14.2 Å². The molecule has 1 aliphatic carbocycles. The van der Waals surface area contributed by atoms with Gasteiger partial charge in [-0.3, -0.25) is 0 Å². The molecule has 2 rings (SSSR count). The number of rotatable bonds is 2. The summed E-state index contributed by atoms with van der Waals surface area (Å²) in [5, 5.41) is 0. The topological polar surface area (TPSA) is 31.0 Å². The normalized spacial score (nSPS) is 34.6. The molecule has 78 valence electrons. The lowest BCUT2D eigenvalue weighted by Crippen LogP contribution is -2.18. The van der Waals surface area contributed by atoms with Crippen LogP contribution in [-0.4, -0.2) is 32.2 Å². The van der Waals surface area contributed by atoms with Crippen molar-refractivity contribution in [3.05, 3.63) is 0 Å². The number of epoxide rings is 1. The third kappa shape index (κ3) is 1.78. The molecule has 3 heteroatoms. The van der Waals surface area contributed by atoms with E-state index < -0.39 is 6.29 Å². The molecule has 2 atom stereocenters. The molecule has 3 nitrogen and oxygen atoms in total. The van der Waals surface area contributed by atoms with E-state index in [0.717, 1.165) is 12.8 Å². The van der Waals surface area contributed by atoms with E-state index in [9.17, 15) is 0 Å². The van der Waals surface area contributed by atoms with Crippen LogP contribution in [0.15, 0.2) is 0 Å². The molecule has 1 saturated carbocycles. The predicted molar refractivity (Wildman–Crippen MR) is 51.7 cm³/mol. The van der Waals surface area contributed by atoms with Crippen molar-refractivity contribution in [2.24, 2.45) is 0 Å². The molecule has 0 amide bonds. The van der Waals surface area contributed by atoms with E-state index in [1.807, 2.05) is 0 Å². The molecular weight excluding hydrogens is 180 g/mol. The molecule has 0 aromatic carbocycles. The van der Waals surface area contributed by atoms with Gasteiger partial charge in [-0.15, -0.1) is 0 Å². The summed E-state index contributed by atoms with van der Waals surface area (Å²) in [6.45, 7) is 0. The van der Waals surface area contributed by atoms with E-state index in [1.54, 1.807) is 14.2 Å². The fourth-order valence-electron chi connectivity index (χ4n) is 2.02.